The topological polar surface area (TPSA) is 12.0 Å². The van der Waals surface area contributed by atoms with E-state index in [0.29, 0.717) is 6.04 Å². The van der Waals surface area contributed by atoms with Gasteiger partial charge in [-0.05, 0) is 94.0 Å². The third-order valence-electron chi connectivity index (χ3n) is 3.60. The number of anilines is 1. The van der Waals surface area contributed by atoms with E-state index in [1.807, 2.05) is 11.3 Å². The summed E-state index contributed by atoms with van der Waals surface area (Å²) in [6.45, 7) is 2.15. The predicted molar refractivity (Wildman–Crippen MR) is 95.2 cm³/mol. The van der Waals surface area contributed by atoms with Gasteiger partial charge in [-0.25, -0.2) is 0 Å². The third-order valence-corrected chi connectivity index (χ3v) is 6.47. The molecule has 2 aromatic rings. The molecular formula is C15H15BrINS. The lowest BCUT2D eigenvalue weighted by molar-refractivity contribution is 0.609. The van der Waals surface area contributed by atoms with Crippen molar-refractivity contribution in [2.75, 3.05) is 5.32 Å². The molecule has 1 aliphatic rings. The second-order valence-corrected chi connectivity index (χ2v) is 8.66. The van der Waals surface area contributed by atoms with Gasteiger partial charge in [0, 0.05) is 14.1 Å². The van der Waals surface area contributed by atoms with Crippen molar-refractivity contribution < 1.29 is 0 Å². The van der Waals surface area contributed by atoms with Crippen molar-refractivity contribution in [1.82, 2.24) is 0 Å². The molecule has 0 saturated carbocycles. The molecule has 1 N–H and O–H groups in total. The molecular weight excluding hydrogens is 433 g/mol. The van der Waals surface area contributed by atoms with E-state index in [1.165, 1.54) is 48.3 Å². The first-order valence-corrected chi connectivity index (χ1v) is 9.13. The fourth-order valence-electron chi connectivity index (χ4n) is 2.56. The molecule has 1 nitrogen and oxygen atoms in total. The van der Waals surface area contributed by atoms with Gasteiger partial charge in [0.15, 0.2) is 0 Å². The SMILES string of the molecule is Cc1ccc(NC2CCCc3sc(Br)cc32)cc1I. The van der Waals surface area contributed by atoms with Crippen LogP contribution in [0.5, 0.6) is 0 Å². The van der Waals surface area contributed by atoms with Crippen molar-refractivity contribution >= 4 is 55.5 Å². The Labute approximate surface area is 140 Å². The van der Waals surface area contributed by atoms with Crippen LogP contribution in [0.1, 0.15) is 34.9 Å². The number of halogens is 2. The summed E-state index contributed by atoms with van der Waals surface area (Å²) in [6.07, 6.45) is 3.73. The largest absolute Gasteiger partial charge is 0.378 e. The highest BCUT2D eigenvalue weighted by Gasteiger charge is 2.22. The number of nitrogens with one attached hydrogen (secondary N) is 1. The monoisotopic (exact) mass is 447 g/mol. The summed E-state index contributed by atoms with van der Waals surface area (Å²) in [4.78, 5) is 1.54. The molecule has 1 unspecified atom stereocenters. The maximum atomic E-state index is 3.70. The smallest absolute Gasteiger partial charge is 0.0705 e. The molecule has 4 heteroatoms. The van der Waals surface area contributed by atoms with E-state index in [1.54, 1.807) is 0 Å². The Morgan fingerprint density at radius 1 is 1.37 bits per heavy atom. The van der Waals surface area contributed by atoms with Crippen LogP contribution in [-0.2, 0) is 6.42 Å². The number of hydrogen-bond acceptors (Lipinski definition) is 2. The predicted octanol–water partition coefficient (Wildman–Crippen LogP) is 5.91. The van der Waals surface area contributed by atoms with Crippen LogP contribution in [0.15, 0.2) is 28.1 Å². The number of benzene rings is 1. The summed E-state index contributed by atoms with van der Waals surface area (Å²) >= 11 is 7.90. The van der Waals surface area contributed by atoms with Gasteiger partial charge >= 0.3 is 0 Å². The highest BCUT2D eigenvalue weighted by atomic mass is 127. The molecule has 19 heavy (non-hydrogen) atoms. The van der Waals surface area contributed by atoms with Gasteiger partial charge in [-0.2, -0.15) is 0 Å². The minimum absolute atomic E-state index is 0.463. The zero-order chi connectivity index (χ0) is 13.4. The first-order valence-electron chi connectivity index (χ1n) is 6.44. The second-order valence-electron chi connectivity index (χ2n) is 4.98. The molecule has 1 aliphatic carbocycles. The summed E-state index contributed by atoms with van der Waals surface area (Å²) in [5.41, 5.74) is 4.06. The summed E-state index contributed by atoms with van der Waals surface area (Å²) in [6, 6.07) is 9.37. The minimum Gasteiger partial charge on any atom is -0.378 e. The van der Waals surface area contributed by atoms with Gasteiger partial charge in [-0.3, -0.25) is 0 Å². The Balaban J connectivity index is 1.86. The molecule has 0 bridgehead atoms. The lowest BCUT2D eigenvalue weighted by Gasteiger charge is -2.25. The molecule has 0 fully saturated rings. The van der Waals surface area contributed by atoms with Crippen LogP contribution in [0.25, 0.3) is 0 Å². The molecule has 1 aromatic heterocycles. The Morgan fingerprint density at radius 3 is 3.00 bits per heavy atom. The van der Waals surface area contributed by atoms with Crippen LogP contribution in [-0.4, -0.2) is 0 Å². The van der Waals surface area contributed by atoms with Crippen molar-refractivity contribution in [2.24, 2.45) is 0 Å². The molecule has 0 amide bonds. The van der Waals surface area contributed by atoms with E-state index in [4.69, 9.17) is 0 Å². The van der Waals surface area contributed by atoms with E-state index >= 15 is 0 Å². The Bertz CT molecular complexity index is 608. The van der Waals surface area contributed by atoms with Crippen LogP contribution in [0.2, 0.25) is 0 Å². The zero-order valence-electron chi connectivity index (χ0n) is 10.7. The van der Waals surface area contributed by atoms with Gasteiger partial charge in [0.2, 0.25) is 0 Å². The van der Waals surface area contributed by atoms with Crippen molar-refractivity contribution in [3.8, 4) is 0 Å². The van der Waals surface area contributed by atoms with Crippen LogP contribution < -0.4 is 5.32 Å². The number of aryl methyl sites for hydroxylation is 2. The number of fused-ring (bicyclic) bond motifs is 1. The molecule has 3 rings (SSSR count). The molecule has 1 atom stereocenters. The van der Waals surface area contributed by atoms with Crippen molar-refractivity contribution in [2.45, 2.75) is 32.2 Å². The number of hydrogen-bond donors (Lipinski definition) is 1. The van der Waals surface area contributed by atoms with Gasteiger partial charge in [-0.1, -0.05) is 6.07 Å². The second kappa shape index (κ2) is 5.74. The minimum atomic E-state index is 0.463. The summed E-state index contributed by atoms with van der Waals surface area (Å²) in [5, 5.41) is 3.70. The average molecular weight is 448 g/mol. The number of thiophene rings is 1. The highest BCUT2D eigenvalue weighted by Crippen LogP contribution is 2.39. The lowest BCUT2D eigenvalue weighted by Crippen LogP contribution is -2.15. The van der Waals surface area contributed by atoms with Crippen LogP contribution in [0.4, 0.5) is 5.69 Å². The lowest BCUT2D eigenvalue weighted by atomic mass is 9.94. The molecule has 1 heterocycles. The quantitative estimate of drug-likeness (QED) is 0.564. The van der Waals surface area contributed by atoms with Gasteiger partial charge in [0.1, 0.15) is 0 Å². The van der Waals surface area contributed by atoms with Crippen molar-refractivity contribution in [1.29, 1.82) is 0 Å². The maximum absolute atomic E-state index is 3.70. The van der Waals surface area contributed by atoms with Gasteiger partial charge in [-0.15, -0.1) is 11.3 Å². The standard InChI is InChI=1S/C15H15BrINS/c1-9-5-6-10(7-12(9)17)18-13-3-2-4-14-11(13)8-15(16)19-14/h5-8,13,18H,2-4H2,1H3. The molecule has 1 aromatic carbocycles. The fraction of sp³-hybridized carbons (Fsp3) is 0.333. The van der Waals surface area contributed by atoms with Crippen LogP contribution in [0, 0.1) is 10.5 Å². The van der Waals surface area contributed by atoms with Gasteiger partial charge in [0.05, 0.1) is 9.83 Å². The summed E-state index contributed by atoms with van der Waals surface area (Å²) < 4.78 is 2.58. The van der Waals surface area contributed by atoms with Gasteiger partial charge in [0.25, 0.3) is 0 Å². The molecule has 100 valence electrons. The molecule has 0 aliphatic heterocycles. The van der Waals surface area contributed by atoms with Crippen LogP contribution in [0.3, 0.4) is 0 Å². The zero-order valence-corrected chi connectivity index (χ0v) is 15.2. The summed E-state index contributed by atoms with van der Waals surface area (Å²) in [7, 11) is 0. The maximum Gasteiger partial charge on any atom is 0.0705 e. The van der Waals surface area contributed by atoms with Crippen LogP contribution >= 0.6 is 49.9 Å². The molecule has 0 saturated heterocycles. The van der Waals surface area contributed by atoms with E-state index in [0.717, 1.165) is 0 Å². The number of rotatable bonds is 2. The van der Waals surface area contributed by atoms with Gasteiger partial charge < -0.3 is 5.32 Å². The normalized spacial score (nSPS) is 18.2. The average Bonchev–Trinajstić information content (AvgIpc) is 2.75. The molecule has 0 spiro atoms. The van der Waals surface area contributed by atoms with Crippen molar-refractivity contribution in [3.05, 3.63) is 47.6 Å². The van der Waals surface area contributed by atoms with E-state index in [-0.39, 0.29) is 0 Å². The third kappa shape index (κ3) is 3.00. The van der Waals surface area contributed by atoms with E-state index in [2.05, 4.69) is 75.0 Å². The highest BCUT2D eigenvalue weighted by molar-refractivity contribution is 14.1. The molecule has 0 radical (unpaired) electrons. The Hall–Kier alpha value is -0.0700. The van der Waals surface area contributed by atoms with E-state index in [9.17, 15) is 0 Å². The first kappa shape index (κ1) is 13.9. The Kier molecular flexibility index (Phi) is 4.19. The van der Waals surface area contributed by atoms with Crippen molar-refractivity contribution in [3.63, 3.8) is 0 Å². The van der Waals surface area contributed by atoms with E-state index < -0.39 is 0 Å². The Morgan fingerprint density at radius 2 is 2.21 bits per heavy atom. The first-order chi connectivity index (χ1) is 9.13. The summed E-state index contributed by atoms with van der Waals surface area (Å²) in [5.74, 6) is 0. The fourth-order valence-corrected chi connectivity index (χ4v) is 4.89.